The molecule has 2 heterocycles. The molecule has 0 saturated carbocycles. The zero-order valence-corrected chi connectivity index (χ0v) is 14.1. The van der Waals surface area contributed by atoms with Crippen LogP contribution in [0.5, 0.6) is 5.75 Å². The van der Waals surface area contributed by atoms with Gasteiger partial charge in [0.05, 0.1) is 25.0 Å². The van der Waals surface area contributed by atoms with Crippen molar-refractivity contribution in [1.82, 2.24) is 19.9 Å². The van der Waals surface area contributed by atoms with Crippen molar-refractivity contribution in [3.05, 3.63) is 53.7 Å². The van der Waals surface area contributed by atoms with Gasteiger partial charge in [-0.15, -0.1) is 0 Å². The Labute approximate surface area is 143 Å². The molecule has 0 aliphatic heterocycles. The zero-order chi connectivity index (χ0) is 18.0. The van der Waals surface area contributed by atoms with Gasteiger partial charge in [0.2, 0.25) is 0 Å². The Morgan fingerprint density at radius 1 is 1.32 bits per heavy atom. The van der Waals surface area contributed by atoms with Gasteiger partial charge in [0.15, 0.2) is 17.2 Å². The van der Waals surface area contributed by atoms with Crippen LogP contribution in [0.4, 0.5) is 14.9 Å². The van der Waals surface area contributed by atoms with Crippen LogP contribution in [0.2, 0.25) is 0 Å². The van der Waals surface area contributed by atoms with Crippen molar-refractivity contribution in [3.8, 4) is 5.75 Å². The predicted molar refractivity (Wildman–Crippen MR) is 91.2 cm³/mol. The van der Waals surface area contributed by atoms with Crippen molar-refractivity contribution in [2.24, 2.45) is 0 Å². The number of methoxy groups -OCH3 is 1. The number of fused-ring (bicyclic) bond motifs is 1. The first-order chi connectivity index (χ1) is 12.0. The van der Waals surface area contributed by atoms with Crippen LogP contribution >= 0.6 is 0 Å². The molecular weight excluding hydrogens is 325 g/mol. The normalized spacial score (nSPS) is 12.0. The summed E-state index contributed by atoms with van der Waals surface area (Å²) in [5, 5.41) is 9.68. The molecule has 0 fully saturated rings. The van der Waals surface area contributed by atoms with E-state index in [1.165, 1.54) is 19.2 Å². The third kappa shape index (κ3) is 3.68. The molecule has 0 saturated heterocycles. The number of anilines is 1. The van der Waals surface area contributed by atoms with E-state index in [1.54, 1.807) is 42.8 Å². The van der Waals surface area contributed by atoms with E-state index in [4.69, 9.17) is 4.74 Å². The van der Waals surface area contributed by atoms with Gasteiger partial charge in [-0.25, -0.2) is 18.7 Å². The molecule has 2 aromatic heterocycles. The van der Waals surface area contributed by atoms with Crippen molar-refractivity contribution < 1.29 is 13.9 Å². The zero-order valence-electron chi connectivity index (χ0n) is 14.1. The Bertz CT molecular complexity index is 925. The lowest BCUT2D eigenvalue weighted by molar-refractivity contribution is 0.249. The molecule has 3 aromatic rings. The molecule has 0 aliphatic rings. The van der Waals surface area contributed by atoms with Gasteiger partial charge in [-0.2, -0.15) is 5.10 Å². The number of aryl methyl sites for hydroxylation is 1. The van der Waals surface area contributed by atoms with Gasteiger partial charge in [-0.05, 0) is 43.7 Å². The number of hydrogen-bond acceptors (Lipinski definition) is 4. The Morgan fingerprint density at radius 2 is 2.12 bits per heavy atom. The van der Waals surface area contributed by atoms with Gasteiger partial charge in [0.25, 0.3) is 0 Å². The largest absolute Gasteiger partial charge is 0.494 e. The predicted octanol–water partition coefficient (Wildman–Crippen LogP) is 3.07. The average Bonchev–Trinajstić information content (AvgIpc) is 2.93. The second-order valence-corrected chi connectivity index (χ2v) is 5.59. The highest BCUT2D eigenvalue weighted by Gasteiger charge is 2.13. The lowest BCUT2D eigenvalue weighted by Crippen LogP contribution is -2.31. The number of nitrogens with one attached hydrogen (secondary N) is 2. The number of aromatic nitrogens is 3. The highest BCUT2D eigenvalue weighted by Crippen LogP contribution is 2.21. The number of pyridine rings is 1. The van der Waals surface area contributed by atoms with Crippen LogP contribution in [0.25, 0.3) is 5.65 Å². The van der Waals surface area contributed by atoms with E-state index in [0.717, 1.165) is 0 Å². The monoisotopic (exact) mass is 343 g/mol. The number of amides is 2. The van der Waals surface area contributed by atoms with Crippen LogP contribution in [-0.2, 0) is 0 Å². The molecule has 0 unspecified atom stereocenters. The highest BCUT2D eigenvalue weighted by molar-refractivity contribution is 5.89. The van der Waals surface area contributed by atoms with E-state index in [2.05, 4.69) is 20.7 Å². The lowest BCUT2D eigenvalue weighted by Gasteiger charge is -2.16. The molecule has 0 aliphatic carbocycles. The number of rotatable bonds is 4. The Hall–Kier alpha value is -3.16. The van der Waals surface area contributed by atoms with Crippen molar-refractivity contribution in [3.63, 3.8) is 0 Å². The van der Waals surface area contributed by atoms with Gasteiger partial charge in [-0.3, -0.25) is 0 Å². The Balaban J connectivity index is 1.67. The minimum atomic E-state index is -0.471. The first-order valence-electron chi connectivity index (χ1n) is 7.70. The van der Waals surface area contributed by atoms with Crippen molar-refractivity contribution >= 4 is 17.4 Å². The quantitative estimate of drug-likeness (QED) is 0.763. The standard InChI is InChI=1S/C17H18FN5O2/c1-10(12-4-6-15(25-3)14(18)8-12)19-17(24)21-13-5-7-16-20-11(2)22-23(16)9-13/h4-10H,1-3H3,(H2,19,21,24)/t10-/m1/s1. The molecule has 0 bridgehead atoms. The smallest absolute Gasteiger partial charge is 0.319 e. The SMILES string of the molecule is COc1ccc([C@@H](C)NC(=O)Nc2ccc3nc(C)nn3c2)cc1F. The number of carbonyl (C=O) groups is 1. The summed E-state index contributed by atoms with van der Waals surface area (Å²) in [5.41, 5.74) is 1.91. The minimum Gasteiger partial charge on any atom is -0.494 e. The molecule has 2 N–H and O–H groups in total. The maximum Gasteiger partial charge on any atom is 0.319 e. The number of urea groups is 1. The average molecular weight is 343 g/mol. The molecule has 0 spiro atoms. The molecule has 2 amide bonds. The fourth-order valence-corrected chi connectivity index (χ4v) is 2.47. The molecule has 3 rings (SSSR count). The lowest BCUT2D eigenvalue weighted by atomic mass is 10.1. The number of nitrogens with zero attached hydrogens (tertiary/aromatic N) is 3. The van der Waals surface area contributed by atoms with Gasteiger partial charge >= 0.3 is 6.03 Å². The Kier molecular flexibility index (Phi) is 4.51. The second kappa shape index (κ2) is 6.76. The number of ether oxygens (including phenoxy) is 1. The first kappa shape index (κ1) is 16.7. The van der Waals surface area contributed by atoms with Crippen LogP contribution in [0, 0.1) is 12.7 Å². The topological polar surface area (TPSA) is 80.5 Å². The van der Waals surface area contributed by atoms with E-state index >= 15 is 0 Å². The van der Waals surface area contributed by atoms with Crippen LogP contribution in [-0.4, -0.2) is 27.7 Å². The van der Waals surface area contributed by atoms with E-state index in [9.17, 15) is 9.18 Å². The van der Waals surface area contributed by atoms with E-state index in [1.807, 2.05) is 0 Å². The summed E-state index contributed by atoms with van der Waals surface area (Å²) in [5.74, 6) is 0.342. The van der Waals surface area contributed by atoms with E-state index < -0.39 is 11.8 Å². The summed E-state index contributed by atoms with van der Waals surface area (Å²) >= 11 is 0. The summed E-state index contributed by atoms with van der Waals surface area (Å²) in [4.78, 5) is 16.4. The molecule has 25 heavy (non-hydrogen) atoms. The van der Waals surface area contributed by atoms with E-state index in [0.29, 0.717) is 22.7 Å². The van der Waals surface area contributed by atoms with Gasteiger partial charge < -0.3 is 15.4 Å². The second-order valence-electron chi connectivity index (χ2n) is 5.59. The van der Waals surface area contributed by atoms with Crippen molar-refractivity contribution in [2.45, 2.75) is 19.9 Å². The van der Waals surface area contributed by atoms with Crippen molar-refractivity contribution in [2.75, 3.05) is 12.4 Å². The molecule has 7 nitrogen and oxygen atoms in total. The highest BCUT2D eigenvalue weighted by atomic mass is 19.1. The molecular formula is C17H18FN5O2. The molecule has 1 aromatic carbocycles. The van der Waals surface area contributed by atoms with Gasteiger partial charge in [-0.1, -0.05) is 6.07 Å². The fraction of sp³-hybridized carbons (Fsp3) is 0.235. The molecule has 130 valence electrons. The maximum atomic E-state index is 13.8. The summed E-state index contributed by atoms with van der Waals surface area (Å²) < 4.78 is 20.3. The van der Waals surface area contributed by atoms with E-state index in [-0.39, 0.29) is 11.8 Å². The first-order valence-corrected chi connectivity index (χ1v) is 7.70. The number of carbonyl (C=O) groups excluding carboxylic acids is 1. The third-order valence-electron chi connectivity index (χ3n) is 3.72. The molecule has 8 heteroatoms. The summed E-state index contributed by atoms with van der Waals surface area (Å²) in [6.45, 7) is 3.56. The Morgan fingerprint density at radius 3 is 2.84 bits per heavy atom. The van der Waals surface area contributed by atoms with Crippen LogP contribution in [0.1, 0.15) is 24.4 Å². The van der Waals surface area contributed by atoms with Gasteiger partial charge in [0.1, 0.15) is 5.82 Å². The third-order valence-corrected chi connectivity index (χ3v) is 3.72. The summed E-state index contributed by atoms with van der Waals surface area (Å²) in [6.07, 6.45) is 1.67. The van der Waals surface area contributed by atoms with Crippen LogP contribution in [0.15, 0.2) is 36.5 Å². The summed E-state index contributed by atoms with van der Waals surface area (Å²) in [6, 6.07) is 7.29. The molecule has 0 radical (unpaired) electrons. The summed E-state index contributed by atoms with van der Waals surface area (Å²) in [7, 11) is 1.40. The molecule has 1 atom stereocenters. The number of benzene rings is 1. The van der Waals surface area contributed by atoms with Crippen LogP contribution in [0.3, 0.4) is 0 Å². The van der Waals surface area contributed by atoms with Crippen LogP contribution < -0.4 is 15.4 Å². The fourth-order valence-electron chi connectivity index (χ4n) is 2.47. The minimum absolute atomic E-state index is 0.164. The maximum absolute atomic E-state index is 13.8. The van der Waals surface area contributed by atoms with Crippen molar-refractivity contribution in [1.29, 1.82) is 0 Å². The number of hydrogen-bond donors (Lipinski definition) is 2. The number of halogens is 1. The van der Waals surface area contributed by atoms with Gasteiger partial charge in [0, 0.05) is 0 Å².